The van der Waals surface area contributed by atoms with E-state index in [9.17, 15) is 14.4 Å². The molecule has 10 nitrogen and oxygen atoms in total. The van der Waals surface area contributed by atoms with E-state index in [0.717, 1.165) is 36.1 Å². The van der Waals surface area contributed by atoms with E-state index in [-0.39, 0.29) is 29.3 Å². The van der Waals surface area contributed by atoms with E-state index in [0.29, 0.717) is 24.6 Å². The fourth-order valence-electron chi connectivity index (χ4n) is 6.47. The molecule has 2 aliphatic carbocycles. The van der Waals surface area contributed by atoms with Crippen molar-refractivity contribution in [3.8, 4) is 0 Å². The van der Waals surface area contributed by atoms with E-state index >= 15 is 0 Å². The van der Waals surface area contributed by atoms with Crippen LogP contribution in [0.2, 0.25) is 0 Å². The molecular weight excluding hydrogens is 542 g/mol. The summed E-state index contributed by atoms with van der Waals surface area (Å²) in [7, 11) is 5.89. The van der Waals surface area contributed by atoms with Gasteiger partial charge in [0.2, 0.25) is 11.8 Å². The molecule has 1 aromatic heterocycles. The zero-order valence-electron chi connectivity index (χ0n) is 26.0. The summed E-state index contributed by atoms with van der Waals surface area (Å²) >= 11 is 0. The number of aromatic nitrogens is 2. The number of aryl methyl sites for hydroxylation is 1. The third-order valence-electron chi connectivity index (χ3n) is 9.19. The minimum Gasteiger partial charge on any atom is -0.333 e. The number of rotatable bonds is 9. The van der Waals surface area contributed by atoms with Gasteiger partial charge < -0.3 is 25.8 Å². The standard InChI is InChI=1S/C33H43N7O3/c1-8-26(41)34-23-14-12-22(13-15-23)33(18-19-33)29(42)36-28-24-20-40(31(2,3)27(24)39(7)37-28)30(43)35-25(21-38(5)6)32(4)16-10-9-11-17-32/h8-16,25H,1,17-21H2,2-7H3,(H,34,41)(H,35,43)(H,36,37,42)/t25-,32?/m1/s1. The van der Waals surface area contributed by atoms with Gasteiger partial charge in [0.25, 0.3) is 0 Å². The van der Waals surface area contributed by atoms with Crippen LogP contribution in [0.4, 0.5) is 16.3 Å². The fraction of sp³-hybridized carbons (Fsp3) is 0.455. The lowest BCUT2D eigenvalue weighted by atomic mass is 9.76. The van der Waals surface area contributed by atoms with Crippen LogP contribution in [0.3, 0.4) is 0 Å². The third-order valence-corrected chi connectivity index (χ3v) is 9.19. The van der Waals surface area contributed by atoms with Crippen molar-refractivity contribution in [2.75, 3.05) is 31.3 Å². The van der Waals surface area contributed by atoms with Gasteiger partial charge >= 0.3 is 6.03 Å². The highest BCUT2D eigenvalue weighted by atomic mass is 16.2. The summed E-state index contributed by atoms with van der Waals surface area (Å²) < 4.78 is 1.78. The normalized spacial score (nSPS) is 21.7. The Bertz CT molecular complexity index is 1500. The molecule has 43 heavy (non-hydrogen) atoms. The molecule has 2 atom stereocenters. The molecule has 2 heterocycles. The first-order chi connectivity index (χ1) is 20.3. The van der Waals surface area contributed by atoms with Crippen LogP contribution < -0.4 is 16.0 Å². The highest BCUT2D eigenvalue weighted by Crippen LogP contribution is 2.50. The molecule has 1 saturated carbocycles. The Kier molecular flexibility index (Phi) is 7.85. The van der Waals surface area contributed by atoms with Crippen LogP contribution in [0, 0.1) is 5.41 Å². The van der Waals surface area contributed by atoms with E-state index in [2.05, 4.69) is 57.7 Å². The molecular formula is C33H43N7O3. The van der Waals surface area contributed by atoms with Gasteiger partial charge in [-0.2, -0.15) is 5.10 Å². The maximum Gasteiger partial charge on any atom is 0.318 e. The van der Waals surface area contributed by atoms with Crippen molar-refractivity contribution in [3.63, 3.8) is 0 Å². The number of benzene rings is 1. The first kappa shape index (κ1) is 30.3. The molecule has 10 heteroatoms. The number of urea groups is 1. The minimum atomic E-state index is -0.645. The van der Waals surface area contributed by atoms with Crippen LogP contribution in [0.15, 0.2) is 61.2 Å². The fourth-order valence-corrected chi connectivity index (χ4v) is 6.47. The number of carbonyl (C=O) groups is 3. The summed E-state index contributed by atoms with van der Waals surface area (Å²) in [6.07, 6.45) is 11.9. The Balaban J connectivity index is 1.33. The molecule has 0 bridgehead atoms. The number of hydrogen-bond acceptors (Lipinski definition) is 5. The highest BCUT2D eigenvalue weighted by molar-refractivity contribution is 6.02. The van der Waals surface area contributed by atoms with Crippen LogP contribution in [-0.4, -0.2) is 64.1 Å². The van der Waals surface area contributed by atoms with Crippen molar-refractivity contribution in [1.82, 2.24) is 24.9 Å². The summed E-state index contributed by atoms with van der Waals surface area (Å²) in [5.41, 5.74) is 1.80. The van der Waals surface area contributed by atoms with Gasteiger partial charge in [0.1, 0.15) is 0 Å². The van der Waals surface area contributed by atoms with Crippen molar-refractivity contribution in [3.05, 3.63) is 78.0 Å². The quantitative estimate of drug-likeness (QED) is 0.377. The summed E-state index contributed by atoms with van der Waals surface area (Å²) in [5, 5.41) is 13.9. The van der Waals surface area contributed by atoms with Crippen molar-refractivity contribution in [2.45, 2.75) is 63.6 Å². The molecule has 1 fully saturated rings. The van der Waals surface area contributed by atoms with Crippen molar-refractivity contribution >= 4 is 29.4 Å². The number of hydrogen-bond donors (Lipinski definition) is 3. The molecule has 0 saturated heterocycles. The van der Waals surface area contributed by atoms with Crippen molar-refractivity contribution < 1.29 is 14.4 Å². The number of amides is 4. The second-order valence-electron chi connectivity index (χ2n) is 13.0. The van der Waals surface area contributed by atoms with Gasteiger partial charge in [-0.25, -0.2) is 4.79 Å². The van der Waals surface area contributed by atoms with Crippen molar-refractivity contribution in [2.24, 2.45) is 12.5 Å². The monoisotopic (exact) mass is 585 g/mol. The molecule has 228 valence electrons. The Labute approximate surface area is 253 Å². The SMILES string of the molecule is C=CC(=O)Nc1ccc(C2(C(=O)Nc3nn(C)c4c3CN(C(=O)N[C@H](CN(C)C)C3(C)C=CC=CC3)C4(C)C)CC2)cc1. The summed E-state index contributed by atoms with van der Waals surface area (Å²) in [6.45, 7) is 10.7. The number of nitrogens with zero attached hydrogens (tertiary/aromatic N) is 4. The van der Waals surface area contributed by atoms with Gasteiger partial charge in [0.15, 0.2) is 5.82 Å². The molecule has 1 aromatic carbocycles. The van der Waals surface area contributed by atoms with Crippen LogP contribution in [0.5, 0.6) is 0 Å². The van der Waals surface area contributed by atoms with Gasteiger partial charge in [0, 0.05) is 30.3 Å². The van der Waals surface area contributed by atoms with Crippen LogP contribution in [0.1, 0.15) is 56.9 Å². The smallest absolute Gasteiger partial charge is 0.318 e. The first-order valence-electron chi connectivity index (χ1n) is 14.8. The molecule has 1 unspecified atom stereocenters. The molecule has 2 aromatic rings. The second-order valence-corrected chi connectivity index (χ2v) is 13.0. The zero-order chi connectivity index (χ0) is 31.2. The summed E-state index contributed by atoms with van der Waals surface area (Å²) in [4.78, 5) is 43.2. The third kappa shape index (κ3) is 5.63. The molecule has 0 spiro atoms. The lowest BCUT2D eigenvalue weighted by Gasteiger charge is -2.40. The number of carbonyl (C=O) groups excluding carboxylic acids is 3. The van der Waals surface area contributed by atoms with Crippen LogP contribution in [0.25, 0.3) is 0 Å². The predicted molar refractivity (Wildman–Crippen MR) is 168 cm³/mol. The Morgan fingerprint density at radius 2 is 1.79 bits per heavy atom. The van der Waals surface area contributed by atoms with E-state index in [1.807, 2.05) is 58.1 Å². The predicted octanol–water partition coefficient (Wildman–Crippen LogP) is 4.43. The topological polar surface area (TPSA) is 112 Å². The molecule has 0 radical (unpaired) electrons. The van der Waals surface area contributed by atoms with Gasteiger partial charge in [-0.3, -0.25) is 14.3 Å². The summed E-state index contributed by atoms with van der Waals surface area (Å²) in [6, 6.07) is 7.11. The average Bonchev–Trinajstić information content (AvgIpc) is 3.63. The molecule has 3 N–H and O–H groups in total. The van der Waals surface area contributed by atoms with E-state index in [1.165, 1.54) is 6.08 Å². The van der Waals surface area contributed by atoms with Gasteiger partial charge in [-0.05, 0) is 71.0 Å². The largest absolute Gasteiger partial charge is 0.333 e. The number of likely N-dealkylation sites (N-methyl/N-ethyl adjacent to an activating group) is 1. The lowest BCUT2D eigenvalue weighted by Crippen LogP contribution is -2.56. The van der Waals surface area contributed by atoms with Crippen LogP contribution in [-0.2, 0) is 34.1 Å². The Morgan fingerprint density at radius 1 is 1.09 bits per heavy atom. The number of fused-ring (bicyclic) bond motifs is 1. The lowest BCUT2D eigenvalue weighted by molar-refractivity contribution is -0.118. The Morgan fingerprint density at radius 3 is 2.37 bits per heavy atom. The van der Waals surface area contributed by atoms with E-state index in [1.54, 1.807) is 16.8 Å². The zero-order valence-corrected chi connectivity index (χ0v) is 26.0. The van der Waals surface area contributed by atoms with Gasteiger partial charge in [-0.15, -0.1) is 0 Å². The maximum absolute atomic E-state index is 13.9. The maximum atomic E-state index is 13.9. The van der Waals surface area contributed by atoms with Crippen molar-refractivity contribution in [1.29, 1.82) is 0 Å². The summed E-state index contributed by atoms with van der Waals surface area (Å²) in [5.74, 6) is 0.0870. The minimum absolute atomic E-state index is 0.0979. The number of nitrogens with one attached hydrogen (secondary N) is 3. The Hall–Kier alpha value is -4.18. The first-order valence-corrected chi connectivity index (χ1v) is 14.8. The van der Waals surface area contributed by atoms with Crippen LogP contribution >= 0.6 is 0 Å². The van der Waals surface area contributed by atoms with E-state index in [4.69, 9.17) is 0 Å². The van der Waals surface area contributed by atoms with Gasteiger partial charge in [-0.1, -0.05) is 49.9 Å². The van der Waals surface area contributed by atoms with Gasteiger partial charge in [0.05, 0.1) is 29.2 Å². The average molecular weight is 586 g/mol. The number of anilines is 2. The molecule has 4 amide bonds. The second kappa shape index (κ2) is 11.1. The van der Waals surface area contributed by atoms with E-state index < -0.39 is 11.0 Å². The molecule has 1 aliphatic heterocycles. The number of allylic oxidation sites excluding steroid dienone is 3. The molecule has 3 aliphatic rings. The highest BCUT2D eigenvalue weighted by Gasteiger charge is 2.52. The molecule has 5 rings (SSSR count).